The highest BCUT2D eigenvalue weighted by atomic mass is 32.1. The molecule has 1 aromatic carbocycles. The molecule has 3 N–H and O–H groups in total. The maximum atomic E-state index is 12.3. The topological polar surface area (TPSA) is 86.2 Å². The highest BCUT2D eigenvalue weighted by Crippen LogP contribution is 2.21. The average Bonchev–Trinajstić information content (AvgIpc) is 3.09. The smallest absolute Gasteiger partial charge is 0.264 e. The largest absolute Gasteiger partial charge is 0.494 e. The Balaban J connectivity index is 1.87. The number of nitrogens with zero attached hydrogens (tertiary/aromatic N) is 2. The van der Waals surface area contributed by atoms with Gasteiger partial charge in [-0.15, -0.1) is 0 Å². The fourth-order valence-corrected chi connectivity index (χ4v) is 3.52. The van der Waals surface area contributed by atoms with Gasteiger partial charge in [0, 0.05) is 29.9 Å². The van der Waals surface area contributed by atoms with Crippen LogP contribution in [0.15, 0.2) is 40.2 Å². The lowest BCUT2D eigenvalue weighted by molar-refractivity contribution is 0.398. The summed E-state index contributed by atoms with van der Waals surface area (Å²) in [4.78, 5) is 22.8. The summed E-state index contributed by atoms with van der Waals surface area (Å²) in [7, 11) is 0. The van der Waals surface area contributed by atoms with Crippen LogP contribution >= 0.6 is 12.2 Å². The molecular formula is C21H26N4O2S. The van der Waals surface area contributed by atoms with Gasteiger partial charge in [0.2, 0.25) is 5.88 Å². The monoisotopic (exact) mass is 398 g/mol. The van der Waals surface area contributed by atoms with E-state index in [-0.39, 0.29) is 22.3 Å². The molecule has 0 saturated carbocycles. The number of benzene rings is 1. The van der Waals surface area contributed by atoms with Crippen LogP contribution in [0.4, 0.5) is 0 Å². The second kappa shape index (κ2) is 9.01. The average molecular weight is 399 g/mol. The van der Waals surface area contributed by atoms with Crippen LogP contribution in [-0.4, -0.2) is 31.9 Å². The summed E-state index contributed by atoms with van der Waals surface area (Å²) in [5, 5.41) is 11.7. The molecule has 0 aliphatic carbocycles. The predicted molar refractivity (Wildman–Crippen MR) is 116 cm³/mol. The zero-order valence-corrected chi connectivity index (χ0v) is 17.1. The second-order valence-corrected chi connectivity index (χ2v) is 7.29. The Bertz CT molecular complexity index is 1090. The minimum atomic E-state index is -0.416. The van der Waals surface area contributed by atoms with Crippen molar-refractivity contribution in [3.8, 4) is 5.88 Å². The minimum absolute atomic E-state index is 0.00489. The zero-order valence-electron chi connectivity index (χ0n) is 16.2. The molecule has 28 heavy (non-hydrogen) atoms. The summed E-state index contributed by atoms with van der Waals surface area (Å²) in [5.41, 5.74) is 2.03. The van der Waals surface area contributed by atoms with Crippen molar-refractivity contribution in [2.75, 3.05) is 0 Å². The van der Waals surface area contributed by atoms with Crippen molar-refractivity contribution in [3.63, 3.8) is 0 Å². The number of rotatable bonds is 8. The van der Waals surface area contributed by atoms with E-state index in [2.05, 4.69) is 34.9 Å². The van der Waals surface area contributed by atoms with Gasteiger partial charge in [-0.1, -0.05) is 38.5 Å². The molecule has 0 saturated heterocycles. The number of para-hydroxylation sites is 1. The summed E-state index contributed by atoms with van der Waals surface area (Å²) in [6, 6.07) is 8.17. The van der Waals surface area contributed by atoms with Gasteiger partial charge >= 0.3 is 0 Å². The molecule has 0 radical (unpaired) electrons. The highest BCUT2D eigenvalue weighted by molar-refractivity contribution is 7.71. The van der Waals surface area contributed by atoms with Crippen molar-refractivity contribution in [2.24, 2.45) is 4.99 Å². The van der Waals surface area contributed by atoms with E-state index >= 15 is 0 Å². The number of H-pyrrole nitrogens is 2. The van der Waals surface area contributed by atoms with E-state index in [0.717, 1.165) is 31.2 Å². The third kappa shape index (κ3) is 4.25. The summed E-state index contributed by atoms with van der Waals surface area (Å²) in [5.74, 6) is -0.118. The number of aliphatic imine (C=N–C) groups is 1. The molecule has 3 rings (SSSR count). The Morgan fingerprint density at radius 2 is 2.11 bits per heavy atom. The fraction of sp³-hybridized carbons (Fsp3) is 0.381. The number of unbranched alkanes of at least 4 members (excludes halogenated alkanes) is 1. The molecule has 1 atom stereocenters. The van der Waals surface area contributed by atoms with Crippen LogP contribution in [0.2, 0.25) is 0 Å². The summed E-state index contributed by atoms with van der Waals surface area (Å²) < 4.78 is 1.79. The standard InChI is InChI=1S/C21H26N4O2S/c1-3-5-10-25-20(27)17(19(26)24-21(25)28)13-22-15(4-2)11-14-12-23-18-9-7-6-8-16(14)18/h6-9,12-13,15,23,27H,3-5,10-11H2,1-2H3,(H,24,26,28). The van der Waals surface area contributed by atoms with Gasteiger partial charge in [-0.3, -0.25) is 19.3 Å². The fourth-order valence-electron chi connectivity index (χ4n) is 3.25. The summed E-state index contributed by atoms with van der Waals surface area (Å²) in [6.45, 7) is 4.69. The SMILES string of the molecule is CCCCn1c(O)c(C=NC(CC)Cc2c[nH]c3ccccc23)c(=O)[nH]c1=S. The molecule has 1 unspecified atom stereocenters. The lowest BCUT2D eigenvalue weighted by Crippen LogP contribution is -2.19. The van der Waals surface area contributed by atoms with Gasteiger partial charge in [0.1, 0.15) is 5.56 Å². The van der Waals surface area contributed by atoms with Gasteiger partial charge in [-0.25, -0.2) is 0 Å². The molecule has 6 nitrogen and oxygen atoms in total. The van der Waals surface area contributed by atoms with Gasteiger partial charge in [-0.2, -0.15) is 0 Å². The second-order valence-electron chi connectivity index (χ2n) is 6.91. The van der Waals surface area contributed by atoms with Gasteiger partial charge in [0.25, 0.3) is 5.56 Å². The lowest BCUT2D eigenvalue weighted by Gasteiger charge is -2.12. The van der Waals surface area contributed by atoms with Gasteiger partial charge in [0.05, 0.1) is 6.04 Å². The first-order chi connectivity index (χ1) is 13.5. The van der Waals surface area contributed by atoms with Crippen LogP contribution in [0.25, 0.3) is 10.9 Å². The van der Waals surface area contributed by atoms with E-state index in [0.29, 0.717) is 6.54 Å². The van der Waals surface area contributed by atoms with Crippen molar-refractivity contribution in [2.45, 2.75) is 52.1 Å². The molecule has 0 spiro atoms. The number of aromatic nitrogens is 3. The van der Waals surface area contributed by atoms with Crippen LogP contribution in [0, 0.1) is 4.77 Å². The van der Waals surface area contributed by atoms with Gasteiger partial charge < -0.3 is 10.1 Å². The van der Waals surface area contributed by atoms with Crippen LogP contribution in [0.1, 0.15) is 44.2 Å². The van der Waals surface area contributed by atoms with Crippen molar-refractivity contribution < 1.29 is 5.11 Å². The van der Waals surface area contributed by atoms with Crippen molar-refractivity contribution in [3.05, 3.63) is 56.7 Å². The molecular weight excluding hydrogens is 372 g/mol. The van der Waals surface area contributed by atoms with Crippen LogP contribution in [0.3, 0.4) is 0 Å². The van der Waals surface area contributed by atoms with Crippen LogP contribution < -0.4 is 5.56 Å². The van der Waals surface area contributed by atoms with Crippen LogP contribution in [0.5, 0.6) is 5.88 Å². The Hall–Kier alpha value is -2.67. The quantitative estimate of drug-likeness (QED) is 0.390. The Morgan fingerprint density at radius 3 is 2.86 bits per heavy atom. The molecule has 7 heteroatoms. The van der Waals surface area contributed by atoms with Gasteiger partial charge in [-0.05, 0) is 43.1 Å². The van der Waals surface area contributed by atoms with E-state index in [1.807, 2.05) is 24.4 Å². The molecule has 0 bridgehead atoms. The first-order valence-electron chi connectivity index (χ1n) is 9.69. The molecule has 0 aliphatic heterocycles. The number of hydrogen-bond acceptors (Lipinski definition) is 4. The first kappa shape index (κ1) is 20.1. The van der Waals surface area contributed by atoms with E-state index in [1.165, 1.54) is 17.2 Å². The number of aromatic amines is 2. The van der Waals surface area contributed by atoms with Crippen molar-refractivity contribution in [1.29, 1.82) is 0 Å². The number of nitrogens with one attached hydrogen (secondary N) is 2. The lowest BCUT2D eigenvalue weighted by atomic mass is 10.0. The molecule has 2 heterocycles. The van der Waals surface area contributed by atoms with Crippen molar-refractivity contribution >= 4 is 29.3 Å². The Labute approximate surface area is 169 Å². The highest BCUT2D eigenvalue weighted by Gasteiger charge is 2.13. The molecule has 2 aromatic heterocycles. The molecule has 0 aliphatic rings. The number of aromatic hydroxyl groups is 1. The zero-order chi connectivity index (χ0) is 20.1. The van der Waals surface area contributed by atoms with Crippen LogP contribution in [-0.2, 0) is 13.0 Å². The number of fused-ring (bicyclic) bond motifs is 1. The molecule has 0 amide bonds. The maximum absolute atomic E-state index is 12.3. The predicted octanol–water partition coefficient (Wildman–Crippen LogP) is 4.33. The summed E-state index contributed by atoms with van der Waals surface area (Å²) >= 11 is 5.18. The van der Waals surface area contributed by atoms with E-state index in [4.69, 9.17) is 12.2 Å². The molecule has 0 fully saturated rings. The summed E-state index contributed by atoms with van der Waals surface area (Å²) in [6.07, 6.45) is 6.90. The third-order valence-electron chi connectivity index (χ3n) is 4.96. The van der Waals surface area contributed by atoms with E-state index in [9.17, 15) is 9.90 Å². The van der Waals surface area contributed by atoms with E-state index in [1.54, 1.807) is 4.57 Å². The molecule has 148 valence electrons. The maximum Gasteiger partial charge on any atom is 0.264 e. The first-order valence-corrected chi connectivity index (χ1v) is 10.1. The van der Waals surface area contributed by atoms with Crippen molar-refractivity contribution in [1.82, 2.24) is 14.5 Å². The Kier molecular flexibility index (Phi) is 6.46. The third-order valence-corrected chi connectivity index (χ3v) is 5.28. The molecule has 3 aromatic rings. The normalized spacial score (nSPS) is 12.8. The minimum Gasteiger partial charge on any atom is -0.494 e. The Morgan fingerprint density at radius 1 is 1.32 bits per heavy atom. The van der Waals surface area contributed by atoms with E-state index < -0.39 is 5.56 Å². The van der Waals surface area contributed by atoms with Gasteiger partial charge in [0.15, 0.2) is 4.77 Å². The number of hydrogen-bond donors (Lipinski definition) is 3.